The molecular weight excluding hydrogens is 266 g/mol. The van der Waals surface area contributed by atoms with E-state index in [2.05, 4.69) is 24.8 Å². The highest BCUT2D eigenvalue weighted by Crippen LogP contribution is 2.16. The Morgan fingerprint density at radius 3 is 1.59 bits per heavy atom. The lowest BCUT2D eigenvalue weighted by molar-refractivity contribution is 0.362. The van der Waals surface area contributed by atoms with Crippen LogP contribution in [0.1, 0.15) is 110 Å². The SMILES string of the molecule is CCCCCCCCCCCCCCCCN1CCC=C1C. The second kappa shape index (κ2) is 14.2. The highest BCUT2D eigenvalue weighted by molar-refractivity contribution is 5.03. The molecule has 0 radical (unpaired) electrons. The van der Waals surface area contributed by atoms with Gasteiger partial charge in [0.05, 0.1) is 0 Å². The fraction of sp³-hybridized carbons (Fsp3) is 0.905. The fourth-order valence-electron chi connectivity index (χ4n) is 3.52. The molecule has 0 unspecified atom stereocenters. The molecule has 1 heterocycles. The number of hydrogen-bond donors (Lipinski definition) is 0. The monoisotopic (exact) mass is 307 g/mol. The molecule has 0 saturated heterocycles. The maximum Gasteiger partial charge on any atom is 0.0210 e. The average molecular weight is 308 g/mol. The molecule has 0 atom stereocenters. The Balaban J connectivity index is 1.70. The Labute approximate surface area is 140 Å². The Morgan fingerprint density at radius 2 is 1.18 bits per heavy atom. The summed E-state index contributed by atoms with van der Waals surface area (Å²) in [6, 6.07) is 0. The smallest absolute Gasteiger partial charge is 0.0210 e. The molecule has 0 N–H and O–H groups in total. The zero-order valence-corrected chi connectivity index (χ0v) is 15.5. The summed E-state index contributed by atoms with van der Waals surface area (Å²) in [6.07, 6.45) is 24.0. The van der Waals surface area contributed by atoms with Crippen LogP contribution < -0.4 is 0 Å². The van der Waals surface area contributed by atoms with Crippen molar-refractivity contribution >= 4 is 0 Å². The van der Waals surface area contributed by atoms with E-state index in [1.54, 1.807) is 0 Å². The molecule has 0 aromatic rings. The molecule has 1 aliphatic rings. The van der Waals surface area contributed by atoms with Gasteiger partial charge in [-0.25, -0.2) is 0 Å². The number of unbranched alkanes of at least 4 members (excludes halogenated alkanes) is 13. The van der Waals surface area contributed by atoms with Gasteiger partial charge in [-0.1, -0.05) is 96.5 Å². The van der Waals surface area contributed by atoms with Gasteiger partial charge in [0.2, 0.25) is 0 Å². The van der Waals surface area contributed by atoms with Crippen molar-refractivity contribution < 1.29 is 0 Å². The number of hydrogen-bond acceptors (Lipinski definition) is 1. The van der Waals surface area contributed by atoms with Gasteiger partial charge in [-0.05, 0) is 19.8 Å². The summed E-state index contributed by atoms with van der Waals surface area (Å²) < 4.78 is 0. The summed E-state index contributed by atoms with van der Waals surface area (Å²) in [6.45, 7) is 7.12. The minimum atomic E-state index is 1.27. The molecule has 0 bridgehead atoms. The second-order valence-corrected chi connectivity index (χ2v) is 7.22. The van der Waals surface area contributed by atoms with Gasteiger partial charge in [-0.15, -0.1) is 0 Å². The van der Waals surface area contributed by atoms with E-state index < -0.39 is 0 Å². The van der Waals surface area contributed by atoms with E-state index in [1.165, 1.54) is 115 Å². The van der Waals surface area contributed by atoms with E-state index in [-0.39, 0.29) is 0 Å². The quantitative estimate of drug-likeness (QED) is 0.292. The van der Waals surface area contributed by atoms with Crippen molar-refractivity contribution in [3.8, 4) is 0 Å². The van der Waals surface area contributed by atoms with Gasteiger partial charge in [-0.2, -0.15) is 0 Å². The molecule has 0 saturated carbocycles. The van der Waals surface area contributed by atoms with Crippen LogP contribution in [0.4, 0.5) is 0 Å². The molecule has 1 rings (SSSR count). The molecule has 1 heteroatoms. The van der Waals surface area contributed by atoms with Crippen molar-refractivity contribution in [2.24, 2.45) is 0 Å². The maximum atomic E-state index is 2.56. The molecule has 130 valence electrons. The molecule has 0 spiro atoms. The first-order chi connectivity index (χ1) is 10.8. The molecule has 0 aliphatic carbocycles. The first-order valence-electron chi connectivity index (χ1n) is 10.3. The minimum Gasteiger partial charge on any atom is -0.375 e. The van der Waals surface area contributed by atoms with Gasteiger partial charge in [0.15, 0.2) is 0 Å². The summed E-state index contributed by atoms with van der Waals surface area (Å²) in [5, 5.41) is 0. The van der Waals surface area contributed by atoms with Crippen molar-refractivity contribution in [3.63, 3.8) is 0 Å². The molecule has 1 nitrogen and oxygen atoms in total. The lowest BCUT2D eigenvalue weighted by atomic mass is 10.0. The van der Waals surface area contributed by atoms with Gasteiger partial charge in [0.1, 0.15) is 0 Å². The molecule has 0 amide bonds. The lowest BCUT2D eigenvalue weighted by Gasteiger charge is -2.19. The predicted octanol–water partition coefficient (Wildman–Crippen LogP) is 7.08. The van der Waals surface area contributed by atoms with E-state index in [4.69, 9.17) is 0 Å². The van der Waals surface area contributed by atoms with Gasteiger partial charge in [0, 0.05) is 18.8 Å². The molecule has 0 fully saturated rings. The summed E-state index contributed by atoms with van der Waals surface area (Å²) in [4.78, 5) is 2.56. The van der Waals surface area contributed by atoms with Crippen LogP contribution in [0.5, 0.6) is 0 Å². The second-order valence-electron chi connectivity index (χ2n) is 7.22. The first-order valence-corrected chi connectivity index (χ1v) is 10.3. The van der Waals surface area contributed by atoms with Crippen LogP contribution in [0.2, 0.25) is 0 Å². The molecular formula is C21H41N. The Hall–Kier alpha value is -0.460. The summed E-state index contributed by atoms with van der Waals surface area (Å²) in [7, 11) is 0. The van der Waals surface area contributed by atoms with Crippen LogP contribution in [0, 0.1) is 0 Å². The average Bonchev–Trinajstić information content (AvgIpc) is 2.93. The van der Waals surface area contributed by atoms with Crippen LogP contribution in [0.15, 0.2) is 11.8 Å². The highest BCUT2D eigenvalue weighted by atomic mass is 15.1. The van der Waals surface area contributed by atoms with Gasteiger partial charge in [-0.3, -0.25) is 0 Å². The minimum absolute atomic E-state index is 1.27. The molecule has 1 aliphatic heterocycles. The Bertz CT molecular complexity index is 269. The zero-order valence-electron chi connectivity index (χ0n) is 15.5. The number of nitrogens with zero attached hydrogens (tertiary/aromatic N) is 1. The standard InChI is InChI=1S/C21H41N/c1-3-4-5-6-7-8-9-10-11-12-13-14-15-16-19-22-20-17-18-21(22)2/h18H,3-17,19-20H2,1-2H3. The fourth-order valence-corrected chi connectivity index (χ4v) is 3.52. The zero-order chi connectivity index (χ0) is 15.9. The third kappa shape index (κ3) is 10.3. The Kier molecular flexibility index (Phi) is 12.6. The van der Waals surface area contributed by atoms with Gasteiger partial charge in [0.25, 0.3) is 0 Å². The number of allylic oxidation sites excluding steroid dienone is 1. The molecule has 0 aromatic heterocycles. The van der Waals surface area contributed by atoms with E-state index in [0.717, 1.165) is 0 Å². The van der Waals surface area contributed by atoms with Crippen molar-refractivity contribution in [1.29, 1.82) is 0 Å². The van der Waals surface area contributed by atoms with E-state index in [0.29, 0.717) is 0 Å². The lowest BCUT2D eigenvalue weighted by Crippen LogP contribution is -2.19. The van der Waals surface area contributed by atoms with Crippen molar-refractivity contribution in [2.45, 2.75) is 110 Å². The summed E-state index contributed by atoms with van der Waals surface area (Å²) >= 11 is 0. The largest absolute Gasteiger partial charge is 0.375 e. The summed E-state index contributed by atoms with van der Waals surface area (Å²) in [5.74, 6) is 0. The van der Waals surface area contributed by atoms with Gasteiger partial charge < -0.3 is 4.90 Å². The molecule has 22 heavy (non-hydrogen) atoms. The highest BCUT2D eigenvalue weighted by Gasteiger charge is 2.09. The van der Waals surface area contributed by atoms with E-state index in [1.807, 2.05) is 0 Å². The van der Waals surface area contributed by atoms with Crippen LogP contribution in [-0.2, 0) is 0 Å². The van der Waals surface area contributed by atoms with Crippen LogP contribution in [-0.4, -0.2) is 18.0 Å². The van der Waals surface area contributed by atoms with Crippen LogP contribution in [0.3, 0.4) is 0 Å². The van der Waals surface area contributed by atoms with E-state index in [9.17, 15) is 0 Å². The number of rotatable bonds is 15. The third-order valence-corrected chi connectivity index (χ3v) is 5.12. The van der Waals surface area contributed by atoms with Crippen LogP contribution >= 0.6 is 0 Å². The van der Waals surface area contributed by atoms with Crippen molar-refractivity contribution in [1.82, 2.24) is 4.90 Å². The first kappa shape index (κ1) is 19.6. The van der Waals surface area contributed by atoms with Crippen LogP contribution in [0.25, 0.3) is 0 Å². The summed E-state index contributed by atoms with van der Waals surface area (Å²) in [5.41, 5.74) is 1.51. The van der Waals surface area contributed by atoms with Crippen molar-refractivity contribution in [2.75, 3.05) is 13.1 Å². The topological polar surface area (TPSA) is 3.24 Å². The van der Waals surface area contributed by atoms with Gasteiger partial charge >= 0.3 is 0 Å². The third-order valence-electron chi connectivity index (χ3n) is 5.12. The van der Waals surface area contributed by atoms with Crippen molar-refractivity contribution in [3.05, 3.63) is 11.8 Å². The molecule has 0 aromatic carbocycles. The Morgan fingerprint density at radius 1 is 0.727 bits per heavy atom. The predicted molar refractivity (Wildman–Crippen MR) is 100 cm³/mol. The normalized spacial score (nSPS) is 14.6. The maximum absolute atomic E-state index is 2.56. The van der Waals surface area contributed by atoms with E-state index >= 15 is 0 Å².